The fourth-order valence-electron chi connectivity index (χ4n) is 3.82. The number of esters is 1. The van der Waals surface area contributed by atoms with Crippen molar-refractivity contribution in [3.8, 4) is 6.07 Å². The van der Waals surface area contributed by atoms with E-state index in [2.05, 4.69) is 23.4 Å². The van der Waals surface area contributed by atoms with Gasteiger partial charge in [-0.25, -0.2) is 9.78 Å². The maximum Gasteiger partial charge on any atom is 0.349 e. The lowest BCUT2D eigenvalue weighted by atomic mass is 10.1. The number of ether oxygens (including phenoxy) is 1. The number of carbonyl (C=O) groups excluding carboxylic acids is 2. The third kappa shape index (κ3) is 6.06. The van der Waals surface area contributed by atoms with E-state index in [1.165, 1.54) is 28.7 Å². The van der Waals surface area contributed by atoms with Crippen LogP contribution in [-0.4, -0.2) is 21.4 Å². The zero-order valence-electron chi connectivity index (χ0n) is 20.8. The number of rotatable bonds is 9. The topological polar surface area (TPSA) is 88.2 Å². The number of hydrogen-bond acceptors (Lipinski definition) is 6. The molecular formula is C27H30N4O3S. The second-order valence-corrected chi connectivity index (χ2v) is 9.06. The van der Waals surface area contributed by atoms with E-state index in [-0.39, 0.29) is 18.1 Å². The minimum atomic E-state index is -0.707. The van der Waals surface area contributed by atoms with E-state index in [0.717, 1.165) is 42.0 Å². The van der Waals surface area contributed by atoms with Gasteiger partial charge in [0, 0.05) is 30.2 Å². The average molecular weight is 491 g/mol. The van der Waals surface area contributed by atoms with Gasteiger partial charge in [-0.3, -0.25) is 9.69 Å². The summed E-state index contributed by atoms with van der Waals surface area (Å²) in [6.45, 7) is 10.4. The normalized spacial score (nSPS) is 11.3. The van der Waals surface area contributed by atoms with Gasteiger partial charge in [-0.1, -0.05) is 26.0 Å². The Morgan fingerprint density at radius 1 is 1.23 bits per heavy atom. The van der Waals surface area contributed by atoms with Crippen LogP contribution in [0.2, 0.25) is 0 Å². The van der Waals surface area contributed by atoms with E-state index in [1.807, 2.05) is 50.2 Å². The molecule has 2 heterocycles. The van der Waals surface area contributed by atoms with Gasteiger partial charge in [0.25, 0.3) is 0 Å². The lowest BCUT2D eigenvalue weighted by molar-refractivity contribution is -0.139. The molecule has 0 radical (unpaired) electrons. The van der Waals surface area contributed by atoms with Crippen LogP contribution < -0.4 is 4.90 Å². The van der Waals surface area contributed by atoms with E-state index in [9.17, 15) is 14.9 Å². The molecule has 1 aromatic carbocycles. The van der Waals surface area contributed by atoms with Gasteiger partial charge in [-0.2, -0.15) is 5.26 Å². The molecule has 35 heavy (non-hydrogen) atoms. The van der Waals surface area contributed by atoms with E-state index in [0.29, 0.717) is 10.8 Å². The molecule has 0 aliphatic carbocycles. The van der Waals surface area contributed by atoms with Crippen molar-refractivity contribution in [3.63, 3.8) is 0 Å². The van der Waals surface area contributed by atoms with E-state index in [1.54, 1.807) is 11.5 Å². The van der Waals surface area contributed by atoms with Crippen LogP contribution in [0.15, 0.2) is 41.3 Å². The highest BCUT2D eigenvalue weighted by Crippen LogP contribution is 2.29. The largest absolute Gasteiger partial charge is 0.455 e. The monoisotopic (exact) mass is 490 g/mol. The third-order valence-electron chi connectivity index (χ3n) is 5.70. The molecule has 0 fully saturated rings. The first-order valence-electron chi connectivity index (χ1n) is 11.6. The molecule has 0 saturated heterocycles. The highest BCUT2D eigenvalue weighted by atomic mass is 32.1. The average Bonchev–Trinajstić information content (AvgIpc) is 3.41. The molecule has 0 spiro atoms. The second kappa shape index (κ2) is 11.6. The first kappa shape index (κ1) is 25.9. The summed E-state index contributed by atoms with van der Waals surface area (Å²) in [5.41, 5.74) is 5.25. The summed E-state index contributed by atoms with van der Waals surface area (Å²) < 4.78 is 7.54. The summed E-state index contributed by atoms with van der Waals surface area (Å²) in [4.78, 5) is 30.9. The van der Waals surface area contributed by atoms with E-state index in [4.69, 9.17) is 4.74 Å². The Morgan fingerprint density at radius 2 is 1.94 bits per heavy atom. The summed E-state index contributed by atoms with van der Waals surface area (Å²) in [5.74, 6) is -0.872. The van der Waals surface area contributed by atoms with Gasteiger partial charge in [-0.15, -0.1) is 11.3 Å². The molecule has 2 aromatic heterocycles. The van der Waals surface area contributed by atoms with Crippen LogP contribution in [0.3, 0.4) is 0 Å². The number of hydrogen-bond donors (Lipinski definition) is 0. The van der Waals surface area contributed by atoms with Crippen molar-refractivity contribution in [1.82, 2.24) is 9.55 Å². The molecule has 0 N–H and O–H groups in total. The maximum absolute atomic E-state index is 12.6. The molecule has 1 amide bonds. The predicted molar refractivity (Wildman–Crippen MR) is 138 cm³/mol. The second-order valence-electron chi connectivity index (χ2n) is 8.22. The first-order valence-corrected chi connectivity index (χ1v) is 12.5. The van der Waals surface area contributed by atoms with Crippen molar-refractivity contribution in [2.75, 3.05) is 4.90 Å². The molecule has 0 unspecified atom stereocenters. The summed E-state index contributed by atoms with van der Waals surface area (Å²) >= 11 is 1.29. The summed E-state index contributed by atoms with van der Waals surface area (Å²) in [7, 11) is 0. The number of aryl methyl sites for hydroxylation is 2. The quantitative estimate of drug-likeness (QED) is 0.213. The van der Waals surface area contributed by atoms with Crippen LogP contribution in [0.25, 0.3) is 6.08 Å². The van der Waals surface area contributed by atoms with Crippen LogP contribution >= 0.6 is 11.3 Å². The van der Waals surface area contributed by atoms with Gasteiger partial charge in [-0.05, 0) is 62.1 Å². The Bertz CT molecular complexity index is 1280. The lowest BCUT2D eigenvalue weighted by Gasteiger charge is -2.18. The summed E-state index contributed by atoms with van der Waals surface area (Å²) in [5, 5.41) is 11.8. The third-order valence-corrected chi connectivity index (χ3v) is 6.57. The summed E-state index contributed by atoms with van der Waals surface area (Å²) in [6, 6.07) is 11.7. The Labute approximate surface area is 210 Å². The van der Waals surface area contributed by atoms with Gasteiger partial charge in [0.15, 0.2) is 5.13 Å². The Kier molecular flexibility index (Phi) is 8.61. The van der Waals surface area contributed by atoms with Gasteiger partial charge in [0.1, 0.15) is 18.2 Å². The zero-order valence-corrected chi connectivity index (χ0v) is 21.6. The van der Waals surface area contributed by atoms with Crippen molar-refractivity contribution >= 4 is 40.1 Å². The van der Waals surface area contributed by atoms with Gasteiger partial charge in [0.05, 0.1) is 11.4 Å². The van der Waals surface area contributed by atoms with Crippen molar-refractivity contribution in [2.45, 2.75) is 60.6 Å². The fraction of sp³-hybridized carbons (Fsp3) is 0.333. The SMILES string of the molecule is CCCn1c(C)cc(/C=C(\C#N)C(=O)OCc2csc(N(C(C)=O)c3ccc(CC)cc3)n2)c1C. The molecule has 0 saturated carbocycles. The van der Waals surface area contributed by atoms with Gasteiger partial charge >= 0.3 is 5.97 Å². The standard InChI is InChI=1S/C27H30N4O3S/c1-6-12-30-18(3)13-22(19(30)4)14-23(15-28)26(33)34-16-24-17-35-27(29-24)31(20(5)32)25-10-8-21(7-2)9-11-25/h8-11,13-14,17H,6-7,12,16H2,1-5H3/b23-14+. The van der Waals surface area contributed by atoms with Crippen LogP contribution in [0.1, 0.15) is 55.4 Å². The summed E-state index contributed by atoms with van der Waals surface area (Å²) in [6.07, 6.45) is 3.48. The van der Waals surface area contributed by atoms with Crippen molar-refractivity contribution < 1.29 is 14.3 Å². The number of anilines is 2. The molecule has 8 heteroatoms. The Morgan fingerprint density at radius 3 is 2.54 bits per heavy atom. The van der Waals surface area contributed by atoms with Crippen molar-refractivity contribution in [3.05, 3.63) is 69.5 Å². The number of thiazole rings is 1. The number of carbonyl (C=O) groups is 2. The minimum Gasteiger partial charge on any atom is -0.455 e. The number of amides is 1. The number of nitriles is 1. The zero-order chi connectivity index (χ0) is 25.5. The van der Waals surface area contributed by atoms with Crippen molar-refractivity contribution in [1.29, 1.82) is 5.26 Å². The molecule has 0 bridgehead atoms. The maximum atomic E-state index is 12.6. The van der Waals surface area contributed by atoms with Crippen LogP contribution in [-0.2, 0) is 33.9 Å². The van der Waals surface area contributed by atoms with Crippen molar-refractivity contribution in [2.24, 2.45) is 0 Å². The highest BCUT2D eigenvalue weighted by molar-refractivity contribution is 7.14. The molecule has 0 aliphatic rings. The van der Waals surface area contributed by atoms with Crippen LogP contribution in [0.4, 0.5) is 10.8 Å². The molecule has 3 aromatic rings. The minimum absolute atomic E-state index is 0.0708. The van der Waals surface area contributed by atoms with Crippen LogP contribution in [0.5, 0.6) is 0 Å². The van der Waals surface area contributed by atoms with E-state index < -0.39 is 5.97 Å². The fourth-order valence-corrected chi connectivity index (χ4v) is 4.70. The predicted octanol–water partition coefficient (Wildman–Crippen LogP) is 5.87. The first-order chi connectivity index (χ1) is 16.8. The van der Waals surface area contributed by atoms with Crippen LogP contribution in [0, 0.1) is 25.2 Å². The molecule has 0 atom stereocenters. The molecule has 0 aliphatic heterocycles. The number of aromatic nitrogens is 2. The number of nitrogens with zero attached hydrogens (tertiary/aromatic N) is 4. The van der Waals surface area contributed by atoms with Gasteiger partial charge in [0.2, 0.25) is 5.91 Å². The highest BCUT2D eigenvalue weighted by Gasteiger charge is 2.19. The molecular weight excluding hydrogens is 460 g/mol. The smallest absolute Gasteiger partial charge is 0.349 e. The Hall–Kier alpha value is -3.70. The van der Waals surface area contributed by atoms with E-state index >= 15 is 0 Å². The Balaban J connectivity index is 1.73. The van der Waals surface area contributed by atoms with Gasteiger partial charge < -0.3 is 9.30 Å². The molecule has 3 rings (SSSR count). The molecule has 182 valence electrons. The molecule has 7 nitrogen and oxygen atoms in total. The number of benzene rings is 1. The lowest BCUT2D eigenvalue weighted by Crippen LogP contribution is -2.22.